The zero-order valence-electron chi connectivity index (χ0n) is 40.3. The summed E-state index contributed by atoms with van der Waals surface area (Å²) in [5, 5.41) is 21.9. The lowest BCUT2D eigenvalue weighted by Gasteiger charge is -2.36. The molecule has 15 rings (SSSR count). The van der Waals surface area contributed by atoms with Gasteiger partial charge in [0.2, 0.25) is 0 Å². The Morgan fingerprint density at radius 3 is 1.83 bits per heavy atom. The molecular formula is C62H65N3O. The van der Waals surface area contributed by atoms with Crippen molar-refractivity contribution >= 4 is 82.0 Å². The van der Waals surface area contributed by atoms with Gasteiger partial charge in [-0.05, 0) is 200 Å². The average molecular weight is 868 g/mol. The van der Waals surface area contributed by atoms with Crippen molar-refractivity contribution in [2.45, 2.75) is 179 Å². The lowest BCUT2D eigenvalue weighted by atomic mass is 9.68. The van der Waals surface area contributed by atoms with Gasteiger partial charge in [0.25, 0.3) is 0 Å². The second-order valence-electron chi connectivity index (χ2n) is 24.1. The highest BCUT2D eigenvalue weighted by Gasteiger charge is 2.45. The zero-order chi connectivity index (χ0) is 44.8. The van der Waals surface area contributed by atoms with Gasteiger partial charge in [-0.1, -0.05) is 67.2 Å². The number of aromatic nitrogens is 2. The summed E-state index contributed by atoms with van der Waals surface area (Å²) in [4.78, 5) is 14.4. The molecule has 0 atom stereocenters. The molecule has 0 aliphatic heterocycles. The fourth-order valence-corrected chi connectivity index (χ4v) is 16.9. The van der Waals surface area contributed by atoms with Gasteiger partial charge in [-0.2, -0.15) is 5.26 Å². The van der Waals surface area contributed by atoms with E-state index in [0.29, 0.717) is 11.7 Å². The molecule has 4 aromatic heterocycles. The summed E-state index contributed by atoms with van der Waals surface area (Å²) in [5.41, 5.74) is 17.3. The largest absolute Gasteiger partial charge is 0.308 e. The summed E-state index contributed by atoms with van der Waals surface area (Å²) >= 11 is 0. The third-order valence-corrected chi connectivity index (χ3v) is 20.0. The summed E-state index contributed by atoms with van der Waals surface area (Å²) in [5.74, 6) is 1.01. The van der Waals surface area contributed by atoms with E-state index in [1.165, 1.54) is 168 Å². The standard InChI is InChI=1S/C62H65N3O/c1-7-60(8-2,9-3)38-25-45-42-29-41-35-14-16-36(17-15-35)58(66)48(41)32-52(42)64-50-30-44-47-27-39(62(21-12-13-22-62)34-59(4,5)6)28-49-54-40-18-23-61(19-10-11-20-61)55(40)37(33-63)24-53(54)65(57(47)49)51(44)31-43(50)46(26-38)56(45)64/h24-32,35-36H,7-23,34H2,1-6H3. The molecule has 0 amide bonds. The lowest BCUT2D eigenvalue weighted by Crippen LogP contribution is -2.28. The Bertz CT molecular complexity index is 3600. The Morgan fingerprint density at radius 1 is 0.636 bits per heavy atom. The molecule has 0 N–H and O–H groups in total. The molecule has 4 nitrogen and oxygen atoms in total. The van der Waals surface area contributed by atoms with Crippen LogP contribution in [-0.4, -0.2) is 14.6 Å². The monoisotopic (exact) mass is 868 g/mol. The molecule has 4 heterocycles. The van der Waals surface area contributed by atoms with Crippen LogP contribution in [0.2, 0.25) is 0 Å². The Balaban J connectivity index is 1.16. The van der Waals surface area contributed by atoms with Crippen LogP contribution in [0.15, 0.2) is 54.6 Å². The number of nitrogens with zero attached hydrogens (tertiary/aromatic N) is 3. The summed E-state index contributed by atoms with van der Waals surface area (Å²) in [6.45, 7) is 14.5. The van der Waals surface area contributed by atoms with Crippen LogP contribution in [0.3, 0.4) is 0 Å². The fourth-order valence-electron chi connectivity index (χ4n) is 16.9. The highest BCUT2D eigenvalue weighted by atomic mass is 16.1. The smallest absolute Gasteiger partial charge is 0.166 e. The first kappa shape index (κ1) is 40.0. The van der Waals surface area contributed by atoms with Gasteiger partial charge in [-0.3, -0.25) is 4.79 Å². The molecule has 3 saturated carbocycles. The number of carbonyl (C=O) groups is 1. The van der Waals surface area contributed by atoms with Crippen molar-refractivity contribution in [1.29, 1.82) is 5.26 Å². The van der Waals surface area contributed by atoms with Crippen LogP contribution in [0, 0.1) is 22.7 Å². The highest BCUT2D eigenvalue weighted by Crippen LogP contribution is 2.57. The molecular weight excluding hydrogens is 803 g/mol. The van der Waals surface area contributed by atoms with Gasteiger partial charge < -0.3 is 8.80 Å². The predicted molar refractivity (Wildman–Crippen MR) is 275 cm³/mol. The second kappa shape index (κ2) is 13.3. The Kier molecular flexibility index (Phi) is 8.06. The maximum absolute atomic E-state index is 14.4. The van der Waals surface area contributed by atoms with E-state index in [0.717, 1.165) is 62.5 Å². The maximum atomic E-state index is 14.4. The van der Waals surface area contributed by atoms with E-state index in [9.17, 15) is 10.1 Å². The lowest BCUT2D eigenvalue weighted by molar-refractivity contribution is 0.0898. The van der Waals surface area contributed by atoms with Gasteiger partial charge in [0.1, 0.15) is 0 Å². The zero-order valence-corrected chi connectivity index (χ0v) is 40.3. The van der Waals surface area contributed by atoms with Crippen LogP contribution in [0.25, 0.3) is 76.2 Å². The Hall–Kier alpha value is -5.14. The molecule has 2 bridgehead atoms. The van der Waals surface area contributed by atoms with Gasteiger partial charge in [0.15, 0.2) is 5.78 Å². The Labute approximate surface area is 389 Å². The number of hydrogen-bond acceptors (Lipinski definition) is 2. The Morgan fingerprint density at radius 2 is 1.20 bits per heavy atom. The van der Waals surface area contributed by atoms with Crippen LogP contribution < -0.4 is 0 Å². The van der Waals surface area contributed by atoms with Crippen LogP contribution in [0.4, 0.5) is 0 Å². The van der Waals surface area contributed by atoms with E-state index >= 15 is 0 Å². The molecule has 1 spiro atoms. The van der Waals surface area contributed by atoms with Crippen LogP contribution in [-0.2, 0) is 22.7 Å². The van der Waals surface area contributed by atoms with Crippen LogP contribution >= 0.6 is 0 Å². The second-order valence-corrected chi connectivity index (χ2v) is 24.1. The number of carbonyl (C=O) groups excluding carboxylic acids is 1. The summed E-state index contributed by atoms with van der Waals surface area (Å²) < 4.78 is 5.19. The normalized spacial score (nSPS) is 21.7. The van der Waals surface area contributed by atoms with E-state index in [-0.39, 0.29) is 27.6 Å². The van der Waals surface area contributed by atoms with Crippen molar-refractivity contribution in [2.24, 2.45) is 11.3 Å². The SMILES string of the molecule is CCC(CC)(CC)c1cc2c3cc4c(cc3n3c5cc6c7cc(C8(CC(C)(C)C)CCCC8)cc8c9c%10c(c(C#N)cc9n(c6cc5c(c1)c23)c78)C1(CCCC1)CC%10)C(=O)C1CCC4CC1. The number of benzene rings is 5. The fraction of sp³-hybridized carbons (Fsp3) is 0.484. The average Bonchev–Trinajstić information content (AvgIpc) is 4.21. The number of hydrogen-bond donors (Lipinski definition) is 0. The van der Waals surface area contributed by atoms with E-state index in [1.807, 2.05) is 0 Å². The van der Waals surface area contributed by atoms with Gasteiger partial charge in [0, 0.05) is 54.6 Å². The number of Topliss-reactive ketones (excluding diaryl/α,β-unsaturated/α-hetero) is 1. The minimum atomic E-state index is 0.0857. The van der Waals surface area contributed by atoms with Gasteiger partial charge in [-0.15, -0.1) is 0 Å². The first-order valence-electron chi connectivity index (χ1n) is 26.4. The first-order valence-corrected chi connectivity index (χ1v) is 26.4. The predicted octanol–water partition coefficient (Wildman–Crippen LogP) is 16.8. The van der Waals surface area contributed by atoms with Gasteiger partial charge in [-0.25, -0.2) is 0 Å². The molecule has 6 aliphatic carbocycles. The quantitative estimate of drug-likeness (QED) is 0.167. The number of aryl methyl sites for hydroxylation is 1. The summed E-state index contributed by atoms with van der Waals surface area (Å²) in [6.07, 6.45) is 21.1. The topological polar surface area (TPSA) is 49.7 Å². The molecule has 334 valence electrons. The third-order valence-electron chi connectivity index (χ3n) is 20.0. The number of ketones is 1. The van der Waals surface area contributed by atoms with Gasteiger partial charge in [0.05, 0.1) is 44.7 Å². The summed E-state index contributed by atoms with van der Waals surface area (Å²) in [6, 6.07) is 25.5. The van der Waals surface area contributed by atoms with E-state index in [1.54, 1.807) is 0 Å². The van der Waals surface area contributed by atoms with Crippen LogP contribution in [0.5, 0.6) is 0 Å². The first-order chi connectivity index (χ1) is 31.9. The van der Waals surface area contributed by atoms with E-state index < -0.39 is 0 Å². The minimum absolute atomic E-state index is 0.0857. The molecule has 66 heavy (non-hydrogen) atoms. The van der Waals surface area contributed by atoms with Crippen molar-refractivity contribution < 1.29 is 4.79 Å². The van der Waals surface area contributed by atoms with Crippen molar-refractivity contribution in [3.05, 3.63) is 93.5 Å². The number of rotatable bonds is 6. The molecule has 5 aromatic carbocycles. The molecule has 0 unspecified atom stereocenters. The third kappa shape index (κ3) is 4.93. The highest BCUT2D eigenvalue weighted by molar-refractivity contribution is 6.30. The molecule has 9 aromatic rings. The van der Waals surface area contributed by atoms with E-state index in [4.69, 9.17) is 0 Å². The minimum Gasteiger partial charge on any atom is -0.308 e. The van der Waals surface area contributed by atoms with Crippen LogP contribution in [0.1, 0.15) is 200 Å². The van der Waals surface area contributed by atoms with Gasteiger partial charge >= 0.3 is 0 Å². The molecule has 3 fully saturated rings. The number of nitriles is 1. The molecule has 6 aliphatic rings. The molecule has 0 saturated heterocycles. The van der Waals surface area contributed by atoms with Crippen molar-refractivity contribution in [1.82, 2.24) is 8.80 Å². The van der Waals surface area contributed by atoms with E-state index in [2.05, 4.69) is 111 Å². The summed E-state index contributed by atoms with van der Waals surface area (Å²) in [7, 11) is 0. The van der Waals surface area contributed by atoms with Crippen molar-refractivity contribution in [2.75, 3.05) is 0 Å². The number of fused-ring (bicyclic) bond motifs is 17. The molecule has 0 radical (unpaired) electrons. The van der Waals surface area contributed by atoms with Crippen molar-refractivity contribution in [3.8, 4) is 6.07 Å². The van der Waals surface area contributed by atoms with Crippen molar-refractivity contribution in [3.63, 3.8) is 0 Å². The maximum Gasteiger partial charge on any atom is 0.166 e. The molecule has 4 heteroatoms.